The Morgan fingerprint density at radius 2 is 2.32 bits per heavy atom. The quantitative estimate of drug-likeness (QED) is 0.840. The van der Waals surface area contributed by atoms with E-state index < -0.39 is 0 Å². The van der Waals surface area contributed by atoms with Crippen molar-refractivity contribution in [1.29, 1.82) is 0 Å². The van der Waals surface area contributed by atoms with Gasteiger partial charge >= 0.3 is 5.69 Å². The fraction of sp³-hybridized carbons (Fsp3) is 0.500. The zero-order chi connectivity index (χ0) is 14.7. The number of pyridine rings is 1. The number of aromatic nitrogens is 3. The van der Waals surface area contributed by atoms with E-state index >= 15 is 0 Å². The van der Waals surface area contributed by atoms with Gasteiger partial charge in [0.1, 0.15) is 0 Å². The van der Waals surface area contributed by atoms with Gasteiger partial charge in [-0.15, -0.1) is 17.5 Å². The molecule has 0 radical (unpaired) electrons. The van der Waals surface area contributed by atoms with E-state index in [4.69, 9.17) is 0 Å². The number of fused-ring (bicyclic) bond motifs is 1. The molecule has 0 aromatic carbocycles. The Balaban J connectivity index is 0.00000176. The first kappa shape index (κ1) is 16.5. The number of hydrogen-bond donors (Lipinski definition) is 2. The van der Waals surface area contributed by atoms with Crippen LogP contribution in [0.2, 0.25) is 0 Å². The lowest BCUT2D eigenvalue weighted by molar-refractivity contribution is -0.122. The van der Waals surface area contributed by atoms with Crippen LogP contribution in [-0.2, 0) is 11.3 Å². The summed E-state index contributed by atoms with van der Waals surface area (Å²) in [5.41, 5.74) is 0.386. The van der Waals surface area contributed by atoms with Gasteiger partial charge < -0.3 is 10.6 Å². The molecule has 1 fully saturated rings. The Bertz CT molecular complexity index is 690. The standard InChI is InChI=1S/C14H19N5O2.ClH/c20-13(16-11-4-3-7-15-10-11)6-9-19-14(21)18-8-2-1-5-12(18)17-19;/h1-2,5,8,11,15H,3-4,6-7,9-10H2,(H,16,20);1H/t11-;/m0./s1. The van der Waals surface area contributed by atoms with Crippen LogP contribution in [0, 0.1) is 0 Å². The molecule has 1 atom stereocenters. The maximum absolute atomic E-state index is 12.1. The summed E-state index contributed by atoms with van der Waals surface area (Å²) in [6.45, 7) is 2.13. The molecular weight excluding hydrogens is 306 g/mol. The van der Waals surface area contributed by atoms with Crippen molar-refractivity contribution in [2.45, 2.75) is 31.8 Å². The van der Waals surface area contributed by atoms with E-state index in [2.05, 4.69) is 15.7 Å². The predicted octanol–water partition coefficient (Wildman–Crippen LogP) is 0.176. The molecule has 2 N–H and O–H groups in total. The van der Waals surface area contributed by atoms with Crippen LogP contribution in [0.5, 0.6) is 0 Å². The van der Waals surface area contributed by atoms with Crippen LogP contribution in [-0.4, -0.2) is 39.2 Å². The summed E-state index contributed by atoms with van der Waals surface area (Å²) < 4.78 is 2.82. The molecule has 8 heteroatoms. The molecule has 22 heavy (non-hydrogen) atoms. The molecule has 1 aliphatic rings. The number of nitrogens with one attached hydrogen (secondary N) is 2. The average Bonchev–Trinajstić information content (AvgIpc) is 2.83. The second-order valence-electron chi connectivity index (χ2n) is 5.30. The zero-order valence-electron chi connectivity index (χ0n) is 12.2. The summed E-state index contributed by atoms with van der Waals surface area (Å²) in [6.07, 6.45) is 4.03. The fourth-order valence-corrected chi connectivity index (χ4v) is 2.60. The number of nitrogens with zero attached hydrogens (tertiary/aromatic N) is 3. The number of amides is 1. The highest BCUT2D eigenvalue weighted by Crippen LogP contribution is 2.02. The Morgan fingerprint density at radius 1 is 1.45 bits per heavy atom. The van der Waals surface area contributed by atoms with Crippen molar-refractivity contribution in [2.75, 3.05) is 13.1 Å². The van der Waals surface area contributed by atoms with Gasteiger partial charge in [-0.1, -0.05) is 6.07 Å². The number of aryl methyl sites for hydroxylation is 1. The van der Waals surface area contributed by atoms with Gasteiger partial charge in [-0.3, -0.25) is 9.20 Å². The molecule has 0 aliphatic carbocycles. The van der Waals surface area contributed by atoms with Crippen molar-refractivity contribution in [2.24, 2.45) is 0 Å². The summed E-state index contributed by atoms with van der Waals surface area (Å²) in [5, 5.41) is 10.5. The minimum absolute atomic E-state index is 0. The van der Waals surface area contributed by atoms with Crippen LogP contribution in [0.25, 0.3) is 5.65 Å². The smallest absolute Gasteiger partial charge is 0.350 e. The lowest BCUT2D eigenvalue weighted by Crippen LogP contribution is -2.45. The van der Waals surface area contributed by atoms with Gasteiger partial charge in [0.25, 0.3) is 0 Å². The highest BCUT2D eigenvalue weighted by atomic mass is 35.5. The third-order valence-corrected chi connectivity index (χ3v) is 3.70. The second-order valence-corrected chi connectivity index (χ2v) is 5.30. The molecule has 0 saturated carbocycles. The highest BCUT2D eigenvalue weighted by molar-refractivity contribution is 5.85. The monoisotopic (exact) mass is 325 g/mol. The Kier molecular flexibility index (Phi) is 5.57. The van der Waals surface area contributed by atoms with Crippen LogP contribution >= 0.6 is 12.4 Å². The minimum atomic E-state index is -0.210. The van der Waals surface area contributed by atoms with E-state index in [0.717, 1.165) is 25.9 Å². The van der Waals surface area contributed by atoms with Crippen molar-refractivity contribution >= 4 is 24.0 Å². The van der Waals surface area contributed by atoms with Crippen LogP contribution in [0.1, 0.15) is 19.3 Å². The molecule has 2 aromatic rings. The average molecular weight is 326 g/mol. The Hall–Kier alpha value is -1.86. The molecule has 0 spiro atoms. The summed E-state index contributed by atoms with van der Waals surface area (Å²) >= 11 is 0. The van der Waals surface area contributed by atoms with Crippen molar-refractivity contribution in [3.05, 3.63) is 34.9 Å². The highest BCUT2D eigenvalue weighted by Gasteiger charge is 2.15. The van der Waals surface area contributed by atoms with Crippen LogP contribution < -0.4 is 16.3 Å². The van der Waals surface area contributed by atoms with Gasteiger partial charge in [-0.25, -0.2) is 9.48 Å². The first-order valence-corrected chi connectivity index (χ1v) is 7.28. The summed E-state index contributed by atoms with van der Waals surface area (Å²) in [5.74, 6) is -0.0346. The molecule has 120 valence electrons. The van der Waals surface area contributed by atoms with Gasteiger partial charge in [0.15, 0.2) is 5.65 Å². The van der Waals surface area contributed by atoms with E-state index in [-0.39, 0.29) is 36.5 Å². The number of piperidine rings is 1. The van der Waals surface area contributed by atoms with E-state index in [1.807, 2.05) is 6.07 Å². The van der Waals surface area contributed by atoms with E-state index in [9.17, 15) is 9.59 Å². The molecule has 0 unspecified atom stereocenters. The predicted molar refractivity (Wildman–Crippen MR) is 85.4 cm³/mol. The number of carbonyl (C=O) groups excluding carboxylic acids is 1. The fourth-order valence-electron chi connectivity index (χ4n) is 2.60. The summed E-state index contributed by atoms with van der Waals surface area (Å²) in [4.78, 5) is 24.0. The topological polar surface area (TPSA) is 80.4 Å². The maximum Gasteiger partial charge on any atom is 0.350 e. The molecule has 1 saturated heterocycles. The number of carbonyl (C=O) groups is 1. The van der Waals surface area contributed by atoms with Crippen LogP contribution in [0.15, 0.2) is 29.2 Å². The minimum Gasteiger partial charge on any atom is -0.352 e. The van der Waals surface area contributed by atoms with E-state index in [1.165, 1.54) is 9.08 Å². The van der Waals surface area contributed by atoms with E-state index in [0.29, 0.717) is 12.2 Å². The number of halogens is 1. The zero-order valence-corrected chi connectivity index (χ0v) is 13.0. The van der Waals surface area contributed by atoms with Crippen molar-refractivity contribution in [3.8, 4) is 0 Å². The summed E-state index contributed by atoms with van der Waals surface area (Å²) in [6, 6.07) is 5.58. The molecule has 7 nitrogen and oxygen atoms in total. The third kappa shape index (κ3) is 3.66. The SMILES string of the molecule is Cl.O=C(CCn1nc2ccccn2c1=O)N[C@H]1CCCNC1. The first-order chi connectivity index (χ1) is 10.2. The van der Waals surface area contributed by atoms with Crippen molar-refractivity contribution < 1.29 is 4.79 Å². The van der Waals surface area contributed by atoms with Gasteiger partial charge in [0.2, 0.25) is 5.91 Å². The maximum atomic E-state index is 12.1. The summed E-state index contributed by atoms with van der Waals surface area (Å²) in [7, 11) is 0. The lowest BCUT2D eigenvalue weighted by Gasteiger charge is -2.23. The molecule has 1 amide bonds. The number of rotatable bonds is 4. The first-order valence-electron chi connectivity index (χ1n) is 7.28. The molecule has 3 heterocycles. The van der Waals surface area contributed by atoms with Crippen molar-refractivity contribution in [3.63, 3.8) is 0 Å². The van der Waals surface area contributed by atoms with Crippen LogP contribution in [0.4, 0.5) is 0 Å². The molecular formula is C14H20ClN5O2. The second kappa shape index (κ2) is 7.42. The van der Waals surface area contributed by atoms with Gasteiger partial charge in [-0.05, 0) is 31.5 Å². The van der Waals surface area contributed by atoms with Gasteiger partial charge in [0.05, 0.1) is 6.54 Å². The molecule has 3 rings (SSSR count). The van der Waals surface area contributed by atoms with Crippen molar-refractivity contribution in [1.82, 2.24) is 24.8 Å². The molecule has 2 aromatic heterocycles. The van der Waals surface area contributed by atoms with Crippen LogP contribution in [0.3, 0.4) is 0 Å². The third-order valence-electron chi connectivity index (χ3n) is 3.70. The van der Waals surface area contributed by atoms with Gasteiger partial charge in [0, 0.05) is 25.2 Å². The normalized spacial score (nSPS) is 17.9. The largest absolute Gasteiger partial charge is 0.352 e. The molecule has 0 bridgehead atoms. The Morgan fingerprint density at radius 3 is 3.05 bits per heavy atom. The van der Waals surface area contributed by atoms with Gasteiger partial charge in [-0.2, -0.15) is 0 Å². The number of hydrogen-bond acceptors (Lipinski definition) is 4. The Labute approximate surface area is 134 Å². The molecule has 1 aliphatic heterocycles. The lowest BCUT2D eigenvalue weighted by atomic mass is 10.1. The van der Waals surface area contributed by atoms with E-state index in [1.54, 1.807) is 18.3 Å².